The Morgan fingerprint density at radius 2 is 2.28 bits per heavy atom. The molecule has 0 bridgehead atoms. The molecule has 4 heteroatoms. The smallest absolute Gasteiger partial charge is 0.220 e. The van der Waals surface area contributed by atoms with Gasteiger partial charge in [-0.1, -0.05) is 13.8 Å². The molecule has 0 spiro atoms. The fourth-order valence-electron chi connectivity index (χ4n) is 1.99. The van der Waals surface area contributed by atoms with Gasteiger partial charge in [0.2, 0.25) is 5.91 Å². The number of thiophene rings is 1. The van der Waals surface area contributed by atoms with Crippen molar-refractivity contribution in [2.45, 2.75) is 46.1 Å². The number of aryl methyl sites for hydroxylation is 1. The van der Waals surface area contributed by atoms with Gasteiger partial charge < -0.3 is 10.4 Å². The number of amides is 1. The van der Waals surface area contributed by atoms with Crippen LogP contribution in [0.4, 0.5) is 0 Å². The average Bonchev–Trinajstić information content (AvgIpc) is 2.74. The van der Waals surface area contributed by atoms with Crippen LogP contribution in [0.3, 0.4) is 0 Å². The molecule has 0 fully saturated rings. The fourth-order valence-corrected chi connectivity index (χ4v) is 2.69. The van der Waals surface area contributed by atoms with Crippen molar-refractivity contribution in [2.24, 2.45) is 5.41 Å². The molecule has 1 rings (SSSR count). The molecule has 18 heavy (non-hydrogen) atoms. The Hall–Kier alpha value is -0.870. The van der Waals surface area contributed by atoms with Gasteiger partial charge in [-0.05, 0) is 47.6 Å². The zero-order valence-corrected chi connectivity index (χ0v) is 12.2. The molecule has 0 aliphatic rings. The molecule has 0 aliphatic heterocycles. The summed E-state index contributed by atoms with van der Waals surface area (Å²) >= 11 is 1.66. The predicted molar refractivity (Wildman–Crippen MR) is 75.7 cm³/mol. The van der Waals surface area contributed by atoms with Crippen molar-refractivity contribution in [3.63, 3.8) is 0 Å². The zero-order valence-electron chi connectivity index (χ0n) is 11.4. The summed E-state index contributed by atoms with van der Waals surface area (Å²) in [7, 11) is 0. The molecule has 1 unspecified atom stereocenters. The van der Waals surface area contributed by atoms with E-state index in [1.54, 1.807) is 18.3 Å². The first-order chi connectivity index (χ1) is 8.39. The van der Waals surface area contributed by atoms with Gasteiger partial charge in [0.25, 0.3) is 0 Å². The van der Waals surface area contributed by atoms with E-state index < -0.39 is 0 Å². The van der Waals surface area contributed by atoms with E-state index in [2.05, 4.69) is 30.6 Å². The number of hydrogen-bond acceptors (Lipinski definition) is 3. The third kappa shape index (κ3) is 6.17. The minimum absolute atomic E-state index is 0.0633. The summed E-state index contributed by atoms with van der Waals surface area (Å²) in [5.74, 6) is 0.0832. The molecule has 1 heterocycles. The number of rotatable bonds is 7. The lowest BCUT2D eigenvalue weighted by Gasteiger charge is -2.26. The molecular formula is C14H23NO2S. The molecule has 102 valence electrons. The van der Waals surface area contributed by atoms with Gasteiger partial charge in [-0.2, -0.15) is 11.3 Å². The van der Waals surface area contributed by atoms with Crippen LogP contribution in [-0.4, -0.2) is 23.7 Å². The van der Waals surface area contributed by atoms with Crippen LogP contribution in [0.2, 0.25) is 0 Å². The summed E-state index contributed by atoms with van der Waals surface area (Å²) < 4.78 is 0. The maximum Gasteiger partial charge on any atom is 0.220 e. The zero-order chi connectivity index (χ0) is 13.6. The van der Waals surface area contributed by atoms with Crippen LogP contribution in [0.15, 0.2) is 16.8 Å². The van der Waals surface area contributed by atoms with Crippen LogP contribution < -0.4 is 5.32 Å². The number of carbonyl (C=O) groups is 1. The molecule has 0 radical (unpaired) electrons. The van der Waals surface area contributed by atoms with Crippen molar-refractivity contribution in [1.29, 1.82) is 0 Å². The normalized spacial score (nSPS) is 13.3. The molecule has 2 N–H and O–H groups in total. The second kappa shape index (κ2) is 6.90. The Bertz CT molecular complexity index is 358. The molecule has 0 aromatic carbocycles. The monoisotopic (exact) mass is 269 g/mol. The van der Waals surface area contributed by atoms with Gasteiger partial charge in [-0.3, -0.25) is 4.79 Å². The van der Waals surface area contributed by atoms with E-state index in [4.69, 9.17) is 0 Å². The topological polar surface area (TPSA) is 49.3 Å². The second-order valence-electron chi connectivity index (χ2n) is 5.63. The number of aliphatic hydroxyl groups excluding tert-OH is 1. The molecule has 0 saturated heterocycles. The van der Waals surface area contributed by atoms with Gasteiger partial charge >= 0.3 is 0 Å². The average molecular weight is 269 g/mol. The highest BCUT2D eigenvalue weighted by atomic mass is 32.1. The van der Waals surface area contributed by atoms with Gasteiger partial charge in [0, 0.05) is 13.0 Å². The summed E-state index contributed by atoms with van der Waals surface area (Å²) in [6.45, 7) is 6.50. The quantitative estimate of drug-likeness (QED) is 0.799. The first-order valence-electron chi connectivity index (χ1n) is 6.35. The Morgan fingerprint density at radius 3 is 2.83 bits per heavy atom. The highest BCUT2D eigenvalue weighted by molar-refractivity contribution is 7.07. The lowest BCUT2D eigenvalue weighted by molar-refractivity contribution is -0.121. The summed E-state index contributed by atoms with van der Waals surface area (Å²) in [6, 6.07) is 2.05. The molecule has 1 atom stereocenters. The molecule has 3 nitrogen and oxygen atoms in total. The van der Waals surface area contributed by atoms with Gasteiger partial charge in [0.1, 0.15) is 0 Å². The van der Waals surface area contributed by atoms with Crippen LogP contribution in [0.5, 0.6) is 0 Å². The number of nitrogens with one attached hydrogen (secondary N) is 1. The standard InChI is InChI=1S/C14H23NO2S/c1-11(16)8-14(2,3)10-15-13(17)5-4-12-6-7-18-9-12/h6-7,9,11,16H,4-5,8,10H2,1-3H3,(H,15,17). The predicted octanol–water partition coefficient (Wildman–Crippen LogP) is 2.59. The minimum atomic E-state index is -0.331. The Labute approximate surface area is 113 Å². The summed E-state index contributed by atoms with van der Waals surface area (Å²) in [5, 5.41) is 16.4. The van der Waals surface area contributed by atoms with Crippen LogP contribution >= 0.6 is 11.3 Å². The Kier molecular flexibility index (Phi) is 5.82. The molecule has 1 aromatic heterocycles. The molecule has 1 aromatic rings. The maximum atomic E-state index is 11.7. The number of hydrogen-bond donors (Lipinski definition) is 2. The van der Waals surface area contributed by atoms with Gasteiger partial charge in [0.15, 0.2) is 0 Å². The van der Waals surface area contributed by atoms with Crippen molar-refractivity contribution < 1.29 is 9.90 Å². The van der Waals surface area contributed by atoms with Gasteiger partial charge in [-0.25, -0.2) is 0 Å². The lowest BCUT2D eigenvalue weighted by Crippen LogP contribution is -2.35. The van der Waals surface area contributed by atoms with E-state index in [0.29, 0.717) is 19.4 Å². The van der Waals surface area contributed by atoms with Crippen LogP contribution in [0, 0.1) is 5.41 Å². The van der Waals surface area contributed by atoms with E-state index in [-0.39, 0.29) is 17.4 Å². The van der Waals surface area contributed by atoms with Crippen molar-refractivity contribution >= 4 is 17.2 Å². The first kappa shape index (κ1) is 15.2. The van der Waals surface area contributed by atoms with E-state index in [0.717, 1.165) is 6.42 Å². The number of aliphatic hydroxyl groups is 1. The third-order valence-corrected chi connectivity index (χ3v) is 3.56. The Morgan fingerprint density at radius 1 is 1.56 bits per heavy atom. The van der Waals surface area contributed by atoms with Crippen molar-refractivity contribution in [1.82, 2.24) is 5.32 Å². The minimum Gasteiger partial charge on any atom is -0.393 e. The van der Waals surface area contributed by atoms with Gasteiger partial charge in [0.05, 0.1) is 6.10 Å². The van der Waals surface area contributed by atoms with E-state index >= 15 is 0 Å². The van der Waals surface area contributed by atoms with E-state index in [1.807, 2.05) is 5.38 Å². The second-order valence-corrected chi connectivity index (χ2v) is 6.41. The SMILES string of the molecule is CC(O)CC(C)(C)CNC(=O)CCc1ccsc1. The van der Waals surface area contributed by atoms with Crippen molar-refractivity contribution in [3.05, 3.63) is 22.4 Å². The van der Waals surface area contributed by atoms with E-state index in [1.165, 1.54) is 5.56 Å². The largest absolute Gasteiger partial charge is 0.393 e. The van der Waals surface area contributed by atoms with Crippen molar-refractivity contribution in [3.8, 4) is 0 Å². The fraction of sp³-hybridized carbons (Fsp3) is 0.643. The summed E-state index contributed by atoms with van der Waals surface area (Å²) in [5.41, 5.74) is 1.16. The highest BCUT2D eigenvalue weighted by Gasteiger charge is 2.20. The highest BCUT2D eigenvalue weighted by Crippen LogP contribution is 2.21. The van der Waals surface area contributed by atoms with Crippen LogP contribution in [-0.2, 0) is 11.2 Å². The van der Waals surface area contributed by atoms with E-state index in [9.17, 15) is 9.90 Å². The van der Waals surface area contributed by atoms with Crippen LogP contribution in [0.1, 0.15) is 39.2 Å². The summed E-state index contributed by atoms with van der Waals surface area (Å²) in [4.78, 5) is 11.7. The molecular weight excluding hydrogens is 246 g/mol. The Balaban J connectivity index is 2.24. The molecule has 0 saturated carbocycles. The molecule has 1 amide bonds. The third-order valence-electron chi connectivity index (χ3n) is 2.83. The van der Waals surface area contributed by atoms with Crippen molar-refractivity contribution in [2.75, 3.05) is 6.54 Å². The number of carbonyl (C=O) groups excluding carboxylic acids is 1. The van der Waals surface area contributed by atoms with Crippen LogP contribution in [0.25, 0.3) is 0 Å². The van der Waals surface area contributed by atoms with Gasteiger partial charge in [-0.15, -0.1) is 0 Å². The maximum absolute atomic E-state index is 11.7. The molecule has 0 aliphatic carbocycles. The summed E-state index contributed by atoms with van der Waals surface area (Å²) in [6.07, 6.45) is 1.69. The lowest BCUT2D eigenvalue weighted by atomic mass is 9.87. The first-order valence-corrected chi connectivity index (χ1v) is 7.29.